The minimum absolute atomic E-state index is 0. The van der Waals surface area contributed by atoms with E-state index in [9.17, 15) is 0 Å². The molecule has 0 aliphatic carbocycles. The van der Waals surface area contributed by atoms with E-state index in [1.54, 1.807) is 0 Å². The Bertz CT molecular complexity index is 95.4. The van der Waals surface area contributed by atoms with Crippen molar-refractivity contribution < 1.29 is 0 Å². The third-order valence-electron chi connectivity index (χ3n) is 3.01. The van der Waals surface area contributed by atoms with Crippen LogP contribution < -0.4 is 5.73 Å². The summed E-state index contributed by atoms with van der Waals surface area (Å²) in [5, 5.41) is 0. The van der Waals surface area contributed by atoms with E-state index >= 15 is 0 Å². The summed E-state index contributed by atoms with van der Waals surface area (Å²) in [7, 11) is 0. The molecule has 2 atom stereocenters. The molecule has 14 heavy (non-hydrogen) atoms. The lowest BCUT2D eigenvalue weighted by Crippen LogP contribution is -2.16. The van der Waals surface area contributed by atoms with Crippen LogP contribution in [0, 0.1) is 11.8 Å². The maximum Gasteiger partial charge on any atom is -0.00745 e. The molecular formula is C13H31N. The molecule has 0 aromatic carbocycles. The molecule has 0 aliphatic rings. The van der Waals surface area contributed by atoms with Gasteiger partial charge in [-0.25, -0.2) is 0 Å². The molecule has 0 aromatic heterocycles. The summed E-state index contributed by atoms with van der Waals surface area (Å²) in [6, 6.07) is 0. The molecule has 0 aromatic rings. The van der Waals surface area contributed by atoms with Gasteiger partial charge in [-0.1, -0.05) is 60.3 Å². The average molecular weight is 201 g/mol. The Morgan fingerprint density at radius 3 is 2.07 bits per heavy atom. The summed E-state index contributed by atoms with van der Waals surface area (Å²) in [4.78, 5) is 0. The van der Waals surface area contributed by atoms with Crippen LogP contribution >= 0.6 is 0 Å². The van der Waals surface area contributed by atoms with Crippen molar-refractivity contribution in [1.29, 1.82) is 0 Å². The minimum atomic E-state index is 0. The highest BCUT2D eigenvalue weighted by molar-refractivity contribution is 4.66. The molecule has 0 rings (SSSR count). The molecule has 0 saturated carbocycles. The number of rotatable bonds is 8. The number of unbranched alkanes of at least 4 members (excludes halogenated alkanes) is 1. The number of hydrogen-bond acceptors (Lipinski definition) is 1. The first kappa shape index (κ1) is 16.4. The molecule has 2 unspecified atom stereocenters. The van der Waals surface area contributed by atoms with Crippen molar-refractivity contribution in [1.82, 2.24) is 0 Å². The zero-order valence-electron chi connectivity index (χ0n) is 9.68. The van der Waals surface area contributed by atoms with Crippen LogP contribution in [0.15, 0.2) is 0 Å². The van der Waals surface area contributed by atoms with Gasteiger partial charge in [0.1, 0.15) is 0 Å². The first-order chi connectivity index (χ1) is 6.26. The lowest BCUT2D eigenvalue weighted by Gasteiger charge is -2.22. The fourth-order valence-corrected chi connectivity index (χ4v) is 2.06. The topological polar surface area (TPSA) is 26.0 Å². The smallest absolute Gasteiger partial charge is 0.00745 e. The van der Waals surface area contributed by atoms with E-state index in [0.29, 0.717) is 0 Å². The van der Waals surface area contributed by atoms with Crippen LogP contribution in [0.25, 0.3) is 0 Å². The Hall–Kier alpha value is -0.0400. The monoisotopic (exact) mass is 201 g/mol. The molecule has 1 nitrogen and oxygen atoms in total. The van der Waals surface area contributed by atoms with Crippen molar-refractivity contribution in [3.63, 3.8) is 0 Å². The highest BCUT2D eigenvalue weighted by atomic mass is 14.5. The van der Waals surface area contributed by atoms with Gasteiger partial charge in [0.25, 0.3) is 0 Å². The van der Waals surface area contributed by atoms with E-state index in [1.807, 2.05) is 0 Å². The standard InChI is InChI=1S/C12H27N.CH4/c1-4-6-8-11(3)12(7-5-2)9-10-13;/h11-12H,4-10,13H2,1-3H3;1H4. The van der Waals surface area contributed by atoms with Crippen molar-refractivity contribution in [3.8, 4) is 0 Å². The van der Waals surface area contributed by atoms with Gasteiger partial charge in [0.05, 0.1) is 0 Å². The van der Waals surface area contributed by atoms with Crippen molar-refractivity contribution in [3.05, 3.63) is 0 Å². The second-order valence-corrected chi connectivity index (χ2v) is 4.25. The molecule has 0 spiro atoms. The molecule has 2 N–H and O–H groups in total. The summed E-state index contributed by atoms with van der Waals surface area (Å²) >= 11 is 0. The third kappa shape index (κ3) is 7.37. The van der Waals surface area contributed by atoms with Crippen LogP contribution in [0.4, 0.5) is 0 Å². The Morgan fingerprint density at radius 1 is 1.00 bits per heavy atom. The van der Waals surface area contributed by atoms with Gasteiger partial charge in [0, 0.05) is 0 Å². The molecule has 0 heterocycles. The van der Waals surface area contributed by atoms with Crippen LogP contribution in [-0.2, 0) is 0 Å². The van der Waals surface area contributed by atoms with E-state index in [0.717, 1.165) is 18.4 Å². The number of hydrogen-bond donors (Lipinski definition) is 1. The minimum Gasteiger partial charge on any atom is -0.330 e. The largest absolute Gasteiger partial charge is 0.330 e. The number of nitrogens with two attached hydrogens (primary N) is 1. The van der Waals surface area contributed by atoms with Gasteiger partial charge in [-0.05, 0) is 24.8 Å². The second kappa shape index (κ2) is 11.0. The van der Waals surface area contributed by atoms with Crippen LogP contribution in [0.1, 0.15) is 66.7 Å². The highest BCUT2D eigenvalue weighted by Gasteiger charge is 2.14. The molecule has 0 amide bonds. The van der Waals surface area contributed by atoms with Gasteiger partial charge in [0.2, 0.25) is 0 Å². The zero-order chi connectivity index (χ0) is 10.1. The summed E-state index contributed by atoms with van der Waals surface area (Å²) in [5.41, 5.74) is 5.63. The van der Waals surface area contributed by atoms with Gasteiger partial charge in [-0.15, -0.1) is 0 Å². The Morgan fingerprint density at radius 2 is 1.64 bits per heavy atom. The fraction of sp³-hybridized carbons (Fsp3) is 1.00. The van der Waals surface area contributed by atoms with Crippen molar-refractivity contribution in [2.75, 3.05) is 6.54 Å². The van der Waals surface area contributed by atoms with Crippen LogP contribution in [0.3, 0.4) is 0 Å². The van der Waals surface area contributed by atoms with E-state index in [1.165, 1.54) is 38.5 Å². The highest BCUT2D eigenvalue weighted by Crippen LogP contribution is 2.25. The normalized spacial score (nSPS) is 14.6. The van der Waals surface area contributed by atoms with Gasteiger partial charge < -0.3 is 5.73 Å². The maximum atomic E-state index is 5.63. The predicted molar refractivity (Wildman–Crippen MR) is 67.5 cm³/mol. The first-order valence-corrected chi connectivity index (χ1v) is 5.96. The van der Waals surface area contributed by atoms with Crippen molar-refractivity contribution in [2.45, 2.75) is 66.7 Å². The summed E-state index contributed by atoms with van der Waals surface area (Å²) in [5.74, 6) is 1.75. The molecule has 0 aliphatic heterocycles. The van der Waals surface area contributed by atoms with Crippen LogP contribution in [0.5, 0.6) is 0 Å². The molecule has 0 bridgehead atoms. The van der Waals surface area contributed by atoms with E-state index < -0.39 is 0 Å². The predicted octanol–water partition coefficient (Wildman–Crippen LogP) is 4.21. The fourth-order valence-electron chi connectivity index (χ4n) is 2.06. The van der Waals surface area contributed by atoms with Crippen molar-refractivity contribution in [2.24, 2.45) is 17.6 Å². The Labute approximate surface area is 91.5 Å². The van der Waals surface area contributed by atoms with Gasteiger partial charge >= 0.3 is 0 Å². The second-order valence-electron chi connectivity index (χ2n) is 4.25. The SMILES string of the molecule is C.CCCCC(C)C(CCC)CCN. The van der Waals surface area contributed by atoms with Gasteiger partial charge in [0.15, 0.2) is 0 Å². The molecule has 0 saturated heterocycles. The molecule has 0 radical (unpaired) electrons. The maximum absolute atomic E-state index is 5.63. The Kier molecular flexibility index (Phi) is 12.9. The molecule has 0 fully saturated rings. The van der Waals surface area contributed by atoms with Crippen LogP contribution in [0.2, 0.25) is 0 Å². The summed E-state index contributed by atoms with van der Waals surface area (Å²) < 4.78 is 0. The lowest BCUT2D eigenvalue weighted by molar-refractivity contribution is 0.294. The first-order valence-electron chi connectivity index (χ1n) is 5.96. The average Bonchev–Trinajstić information content (AvgIpc) is 2.14. The molecule has 88 valence electrons. The molecular weight excluding hydrogens is 170 g/mol. The Balaban J connectivity index is 0. The van der Waals surface area contributed by atoms with E-state index in [2.05, 4.69) is 20.8 Å². The van der Waals surface area contributed by atoms with E-state index in [4.69, 9.17) is 5.73 Å². The lowest BCUT2D eigenvalue weighted by atomic mass is 9.84. The van der Waals surface area contributed by atoms with E-state index in [-0.39, 0.29) is 7.43 Å². The summed E-state index contributed by atoms with van der Waals surface area (Å²) in [6.07, 6.45) is 7.99. The third-order valence-corrected chi connectivity index (χ3v) is 3.01. The van der Waals surface area contributed by atoms with Crippen LogP contribution in [-0.4, -0.2) is 6.54 Å². The quantitative estimate of drug-likeness (QED) is 0.625. The summed E-state index contributed by atoms with van der Waals surface area (Å²) in [6.45, 7) is 7.80. The zero-order valence-corrected chi connectivity index (χ0v) is 9.68. The molecule has 1 heteroatoms. The van der Waals surface area contributed by atoms with Crippen molar-refractivity contribution >= 4 is 0 Å². The van der Waals surface area contributed by atoms with Gasteiger partial charge in [-0.2, -0.15) is 0 Å². The van der Waals surface area contributed by atoms with Gasteiger partial charge in [-0.3, -0.25) is 0 Å².